The van der Waals surface area contributed by atoms with E-state index in [0.717, 1.165) is 29.9 Å². The van der Waals surface area contributed by atoms with Gasteiger partial charge in [-0.05, 0) is 36.8 Å². The highest BCUT2D eigenvalue weighted by atomic mass is 35.5. The van der Waals surface area contributed by atoms with Crippen LogP contribution in [0.4, 0.5) is 5.82 Å². The van der Waals surface area contributed by atoms with E-state index in [1.807, 2.05) is 12.1 Å². The summed E-state index contributed by atoms with van der Waals surface area (Å²) < 4.78 is 7.40. The molecule has 1 spiro atoms. The van der Waals surface area contributed by atoms with Crippen molar-refractivity contribution in [2.24, 2.45) is 5.41 Å². The number of hydrogen-bond donors (Lipinski definition) is 1. The van der Waals surface area contributed by atoms with E-state index in [-0.39, 0.29) is 19.1 Å². The third-order valence-corrected chi connectivity index (χ3v) is 6.93. The summed E-state index contributed by atoms with van der Waals surface area (Å²) in [6, 6.07) is 5.74. The standard InChI is InChI=1S/C21H21Cl2N5O3/c22-15-2-1-14-16(28-12-24-11-25-28)7-17(26-20(14)19(15)23)27-10-21(4-5-21)8-13(27)9-31-6-3-18(29)30/h1-2,7,11-13H,3-6,8-10H2,(H,29,30)/t13-/m0/s1. The average Bonchev–Trinajstić information content (AvgIpc) is 3.14. The Morgan fingerprint density at radius 1 is 1.32 bits per heavy atom. The van der Waals surface area contributed by atoms with Crippen LogP contribution >= 0.6 is 23.2 Å². The largest absolute Gasteiger partial charge is 0.481 e. The van der Waals surface area contributed by atoms with Gasteiger partial charge in [0, 0.05) is 18.0 Å². The van der Waals surface area contributed by atoms with Gasteiger partial charge < -0.3 is 14.7 Å². The third kappa shape index (κ3) is 3.95. The molecule has 3 aromatic rings. The van der Waals surface area contributed by atoms with E-state index in [2.05, 4.69) is 15.0 Å². The Labute approximate surface area is 188 Å². The topological polar surface area (TPSA) is 93.4 Å². The Hall–Kier alpha value is -2.42. The molecule has 1 atom stereocenters. The number of halogens is 2. The zero-order chi connectivity index (χ0) is 21.6. The summed E-state index contributed by atoms with van der Waals surface area (Å²) in [7, 11) is 0. The van der Waals surface area contributed by atoms with Gasteiger partial charge in [0.15, 0.2) is 0 Å². The Kier molecular flexibility index (Phi) is 5.24. The van der Waals surface area contributed by atoms with Crippen LogP contribution in [0.1, 0.15) is 25.7 Å². The Balaban J connectivity index is 1.53. The molecule has 10 heteroatoms. The van der Waals surface area contributed by atoms with Crippen molar-refractivity contribution >= 4 is 45.9 Å². The van der Waals surface area contributed by atoms with Crippen molar-refractivity contribution in [3.05, 3.63) is 40.9 Å². The Bertz CT molecular complexity index is 1130. The minimum Gasteiger partial charge on any atom is -0.481 e. The molecule has 0 radical (unpaired) electrons. The average molecular weight is 462 g/mol. The van der Waals surface area contributed by atoms with Crippen molar-refractivity contribution in [2.45, 2.75) is 31.7 Å². The molecule has 2 aromatic heterocycles. The summed E-state index contributed by atoms with van der Waals surface area (Å²) in [5.41, 5.74) is 1.72. The molecule has 1 saturated carbocycles. The van der Waals surface area contributed by atoms with Crippen molar-refractivity contribution in [3.8, 4) is 5.69 Å². The summed E-state index contributed by atoms with van der Waals surface area (Å²) in [6.45, 7) is 1.54. The fraction of sp³-hybridized carbons (Fsp3) is 0.429. The number of ether oxygens (including phenoxy) is 1. The highest BCUT2D eigenvalue weighted by Gasteiger charge is 2.52. The number of fused-ring (bicyclic) bond motifs is 1. The van der Waals surface area contributed by atoms with Crippen molar-refractivity contribution in [3.63, 3.8) is 0 Å². The number of nitrogens with zero attached hydrogens (tertiary/aromatic N) is 5. The number of carboxylic acids is 1. The maximum absolute atomic E-state index is 10.8. The normalized spacial score (nSPS) is 19.4. The number of carbonyl (C=O) groups is 1. The highest BCUT2D eigenvalue weighted by Crippen LogP contribution is 2.55. The number of rotatable bonds is 7. The maximum Gasteiger partial charge on any atom is 0.305 e. The fourth-order valence-corrected chi connectivity index (χ4v) is 4.73. The fourth-order valence-electron chi connectivity index (χ4n) is 4.37. The second-order valence-corrected chi connectivity index (χ2v) is 9.09. The van der Waals surface area contributed by atoms with Crippen LogP contribution in [0.25, 0.3) is 16.6 Å². The number of anilines is 1. The monoisotopic (exact) mass is 461 g/mol. The van der Waals surface area contributed by atoms with Crippen molar-refractivity contribution in [1.29, 1.82) is 0 Å². The predicted octanol–water partition coefficient (Wildman–Crippen LogP) is 3.97. The first kappa shape index (κ1) is 20.5. The van der Waals surface area contributed by atoms with Crippen LogP contribution in [0.3, 0.4) is 0 Å². The lowest BCUT2D eigenvalue weighted by Gasteiger charge is -2.26. The first-order valence-corrected chi connectivity index (χ1v) is 10.9. The smallest absolute Gasteiger partial charge is 0.305 e. The number of aromatic nitrogens is 4. The van der Waals surface area contributed by atoms with E-state index < -0.39 is 5.97 Å². The molecule has 1 aromatic carbocycles. The first-order chi connectivity index (χ1) is 15.0. The third-order valence-electron chi connectivity index (χ3n) is 6.14. The Morgan fingerprint density at radius 3 is 2.87 bits per heavy atom. The molecule has 5 rings (SSSR count). The molecule has 1 N–H and O–H groups in total. The molecular formula is C21H21Cl2N5O3. The van der Waals surface area contributed by atoms with E-state index >= 15 is 0 Å². The van der Waals surface area contributed by atoms with Crippen LogP contribution in [0.5, 0.6) is 0 Å². The number of pyridine rings is 1. The second-order valence-electron chi connectivity index (χ2n) is 8.30. The quantitative estimate of drug-likeness (QED) is 0.531. The summed E-state index contributed by atoms with van der Waals surface area (Å²) in [4.78, 5) is 22.0. The van der Waals surface area contributed by atoms with E-state index in [0.29, 0.717) is 27.6 Å². The van der Waals surface area contributed by atoms with Gasteiger partial charge in [0.2, 0.25) is 0 Å². The van der Waals surface area contributed by atoms with Crippen molar-refractivity contribution in [2.75, 3.05) is 24.7 Å². The number of carboxylic acid groups (broad SMARTS) is 1. The molecule has 8 nitrogen and oxygen atoms in total. The molecule has 1 aliphatic carbocycles. The number of benzene rings is 1. The van der Waals surface area contributed by atoms with Gasteiger partial charge in [-0.2, -0.15) is 5.10 Å². The lowest BCUT2D eigenvalue weighted by Crippen LogP contribution is -2.34. The van der Waals surface area contributed by atoms with Crippen LogP contribution in [0.15, 0.2) is 30.9 Å². The highest BCUT2D eigenvalue weighted by molar-refractivity contribution is 6.45. The molecule has 0 bridgehead atoms. The zero-order valence-corrected chi connectivity index (χ0v) is 18.2. The van der Waals surface area contributed by atoms with Crippen molar-refractivity contribution < 1.29 is 14.6 Å². The minimum absolute atomic E-state index is 0.00333. The minimum atomic E-state index is -0.859. The van der Waals surface area contributed by atoms with Gasteiger partial charge in [-0.25, -0.2) is 14.6 Å². The lowest BCUT2D eigenvalue weighted by atomic mass is 10.0. The van der Waals surface area contributed by atoms with Gasteiger partial charge in [0.1, 0.15) is 18.5 Å². The molecule has 1 saturated heterocycles. The molecule has 162 valence electrons. The Morgan fingerprint density at radius 2 is 2.16 bits per heavy atom. The number of aliphatic carboxylic acids is 1. The van der Waals surface area contributed by atoms with Crippen LogP contribution in [-0.4, -0.2) is 56.6 Å². The van der Waals surface area contributed by atoms with Gasteiger partial charge >= 0.3 is 5.97 Å². The van der Waals surface area contributed by atoms with E-state index in [1.54, 1.807) is 17.1 Å². The molecule has 3 heterocycles. The summed E-state index contributed by atoms with van der Waals surface area (Å²) in [6.07, 6.45) is 6.49. The summed E-state index contributed by atoms with van der Waals surface area (Å²) in [5.74, 6) is -0.0834. The number of hydrogen-bond acceptors (Lipinski definition) is 6. The van der Waals surface area contributed by atoms with Gasteiger partial charge in [-0.3, -0.25) is 4.79 Å². The molecule has 1 aliphatic heterocycles. The van der Waals surface area contributed by atoms with Crippen LogP contribution in [0.2, 0.25) is 10.0 Å². The SMILES string of the molecule is O=C(O)CCOC[C@@H]1CC2(CC2)CN1c1cc(-n2cncn2)c2ccc(Cl)c(Cl)c2n1. The molecule has 2 fully saturated rings. The molecule has 0 unspecified atom stereocenters. The van der Waals surface area contributed by atoms with Crippen LogP contribution in [-0.2, 0) is 9.53 Å². The van der Waals surface area contributed by atoms with E-state index in [4.69, 9.17) is 38.0 Å². The van der Waals surface area contributed by atoms with Gasteiger partial charge in [-0.1, -0.05) is 23.2 Å². The summed E-state index contributed by atoms with van der Waals surface area (Å²) in [5, 5.41) is 14.8. The van der Waals surface area contributed by atoms with Crippen LogP contribution < -0.4 is 4.90 Å². The maximum atomic E-state index is 10.8. The van der Waals surface area contributed by atoms with E-state index in [1.165, 1.54) is 19.2 Å². The van der Waals surface area contributed by atoms with Gasteiger partial charge in [0.05, 0.1) is 46.9 Å². The van der Waals surface area contributed by atoms with Gasteiger partial charge in [0.25, 0.3) is 0 Å². The summed E-state index contributed by atoms with van der Waals surface area (Å²) >= 11 is 12.8. The second kappa shape index (κ2) is 7.93. The van der Waals surface area contributed by atoms with E-state index in [9.17, 15) is 4.79 Å². The molecule has 0 amide bonds. The van der Waals surface area contributed by atoms with Crippen LogP contribution in [0, 0.1) is 5.41 Å². The first-order valence-electron chi connectivity index (χ1n) is 10.2. The molecular weight excluding hydrogens is 441 g/mol. The molecule has 31 heavy (non-hydrogen) atoms. The predicted molar refractivity (Wildman–Crippen MR) is 117 cm³/mol. The van der Waals surface area contributed by atoms with Gasteiger partial charge in [-0.15, -0.1) is 0 Å². The molecule has 2 aliphatic rings. The van der Waals surface area contributed by atoms with Crippen molar-refractivity contribution in [1.82, 2.24) is 19.7 Å². The zero-order valence-electron chi connectivity index (χ0n) is 16.7. The lowest BCUT2D eigenvalue weighted by molar-refractivity contribution is -0.138.